The number of β-amino-alcohol motifs (C(OH)–C–C–N with tert-alkyl or cyclic N) is 1. The van der Waals surface area contributed by atoms with Crippen LogP contribution in [0.5, 0.6) is 0 Å². The third-order valence-corrected chi connectivity index (χ3v) is 2.92. The molecule has 1 aliphatic heterocycles. The summed E-state index contributed by atoms with van der Waals surface area (Å²) in [6, 6.07) is 6.09. The zero-order valence-corrected chi connectivity index (χ0v) is 9.11. The molecule has 0 saturated carbocycles. The summed E-state index contributed by atoms with van der Waals surface area (Å²) in [4.78, 5) is 2.17. The number of hydrogen-bond acceptors (Lipinski definition) is 3. The second-order valence-corrected chi connectivity index (χ2v) is 4.30. The van der Waals surface area contributed by atoms with Crippen LogP contribution in [0.25, 0.3) is 0 Å². The molecule has 3 heteroatoms. The van der Waals surface area contributed by atoms with E-state index < -0.39 is 0 Å². The van der Waals surface area contributed by atoms with Gasteiger partial charge in [-0.15, -0.1) is 0 Å². The molecular weight excluding hydrogens is 188 g/mol. The topological polar surface area (TPSA) is 49.5 Å². The molecule has 1 aromatic carbocycles. The molecule has 2 rings (SSSR count). The molecule has 1 atom stereocenters. The maximum Gasteiger partial charge on any atom is 0.0715 e. The van der Waals surface area contributed by atoms with Crippen LogP contribution >= 0.6 is 0 Å². The van der Waals surface area contributed by atoms with Crippen LogP contribution in [-0.2, 0) is 0 Å². The van der Waals surface area contributed by atoms with Crippen LogP contribution in [0.1, 0.15) is 18.4 Å². The molecule has 0 amide bonds. The fraction of sp³-hybridized carbons (Fsp3) is 0.500. The summed E-state index contributed by atoms with van der Waals surface area (Å²) in [6.07, 6.45) is 1.73. The molecule has 3 N–H and O–H groups in total. The SMILES string of the molecule is Cc1ccc(N2CCCC(O)C2)c(N)c1. The number of nitrogen functional groups attached to an aromatic ring is 1. The van der Waals surface area contributed by atoms with Crippen LogP contribution in [0, 0.1) is 6.92 Å². The lowest BCUT2D eigenvalue weighted by molar-refractivity contribution is 0.154. The van der Waals surface area contributed by atoms with Gasteiger partial charge in [-0.3, -0.25) is 0 Å². The van der Waals surface area contributed by atoms with E-state index in [2.05, 4.69) is 11.0 Å². The molecule has 0 radical (unpaired) electrons. The fourth-order valence-corrected chi connectivity index (χ4v) is 2.14. The van der Waals surface area contributed by atoms with Gasteiger partial charge in [0.05, 0.1) is 17.5 Å². The van der Waals surface area contributed by atoms with Gasteiger partial charge in [0.1, 0.15) is 0 Å². The third-order valence-electron chi connectivity index (χ3n) is 2.92. The smallest absolute Gasteiger partial charge is 0.0715 e. The monoisotopic (exact) mass is 206 g/mol. The van der Waals surface area contributed by atoms with E-state index in [1.165, 1.54) is 5.56 Å². The highest BCUT2D eigenvalue weighted by Crippen LogP contribution is 2.26. The molecule has 0 aromatic heterocycles. The Morgan fingerprint density at radius 2 is 2.27 bits per heavy atom. The quantitative estimate of drug-likeness (QED) is 0.685. The number of anilines is 2. The van der Waals surface area contributed by atoms with Crippen molar-refractivity contribution in [2.45, 2.75) is 25.9 Å². The van der Waals surface area contributed by atoms with E-state index in [0.717, 1.165) is 30.8 Å². The van der Waals surface area contributed by atoms with Crippen LogP contribution in [0.3, 0.4) is 0 Å². The van der Waals surface area contributed by atoms with Gasteiger partial charge in [-0.2, -0.15) is 0 Å². The largest absolute Gasteiger partial charge is 0.397 e. The summed E-state index contributed by atoms with van der Waals surface area (Å²) >= 11 is 0. The van der Waals surface area contributed by atoms with Crippen molar-refractivity contribution >= 4 is 11.4 Å². The first kappa shape index (κ1) is 10.3. The van der Waals surface area contributed by atoms with Crippen molar-refractivity contribution in [3.05, 3.63) is 23.8 Å². The van der Waals surface area contributed by atoms with Gasteiger partial charge in [-0.1, -0.05) is 6.07 Å². The highest BCUT2D eigenvalue weighted by Gasteiger charge is 2.19. The molecule has 1 fully saturated rings. The van der Waals surface area contributed by atoms with Crippen LogP contribution in [-0.4, -0.2) is 24.3 Å². The Hall–Kier alpha value is -1.22. The normalized spacial score (nSPS) is 21.7. The van der Waals surface area contributed by atoms with Crippen LogP contribution in [0.4, 0.5) is 11.4 Å². The first-order valence-electron chi connectivity index (χ1n) is 5.46. The van der Waals surface area contributed by atoms with Gasteiger partial charge in [0.25, 0.3) is 0 Å². The minimum Gasteiger partial charge on any atom is -0.397 e. The van der Waals surface area contributed by atoms with Gasteiger partial charge in [-0.05, 0) is 37.5 Å². The number of nitrogens with two attached hydrogens (primary N) is 1. The predicted octanol–water partition coefficient (Wildman–Crippen LogP) is 1.54. The molecule has 1 aliphatic rings. The summed E-state index contributed by atoms with van der Waals surface area (Å²) in [5.74, 6) is 0. The number of aliphatic hydroxyl groups excluding tert-OH is 1. The number of aryl methyl sites for hydroxylation is 1. The second kappa shape index (κ2) is 4.11. The van der Waals surface area contributed by atoms with E-state index >= 15 is 0 Å². The van der Waals surface area contributed by atoms with Gasteiger partial charge in [0, 0.05) is 13.1 Å². The number of piperidine rings is 1. The minimum absolute atomic E-state index is 0.209. The summed E-state index contributed by atoms with van der Waals surface area (Å²) in [5.41, 5.74) is 9.01. The average molecular weight is 206 g/mol. The maximum atomic E-state index is 9.60. The summed E-state index contributed by atoms with van der Waals surface area (Å²) < 4.78 is 0. The van der Waals surface area contributed by atoms with E-state index in [1.54, 1.807) is 0 Å². The van der Waals surface area contributed by atoms with Crippen molar-refractivity contribution in [2.24, 2.45) is 0 Å². The summed E-state index contributed by atoms with van der Waals surface area (Å²) in [5, 5.41) is 9.60. The predicted molar refractivity (Wildman–Crippen MR) is 63.0 cm³/mol. The van der Waals surface area contributed by atoms with Crippen molar-refractivity contribution in [1.82, 2.24) is 0 Å². The molecule has 0 aliphatic carbocycles. The number of rotatable bonds is 1. The zero-order valence-electron chi connectivity index (χ0n) is 9.11. The Morgan fingerprint density at radius 1 is 1.47 bits per heavy atom. The molecule has 1 saturated heterocycles. The Bertz CT molecular complexity index is 351. The van der Waals surface area contributed by atoms with Gasteiger partial charge in [0.15, 0.2) is 0 Å². The zero-order chi connectivity index (χ0) is 10.8. The summed E-state index contributed by atoms with van der Waals surface area (Å²) in [6.45, 7) is 3.72. The molecule has 1 unspecified atom stereocenters. The average Bonchev–Trinajstić information content (AvgIpc) is 2.17. The second-order valence-electron chi connectivity index (χ2n) is 4.30. The molecule has 0 spiro atoms. The number of aliphatic hydroxyl groups is 1. The Labute approximate surface area is 90.5 Å². The van der Waals surface area contributed by atoms with Crippen LogP contribution in [0.15, 0.2) is 18.2 Å². The molecule has 15 heavy (non-hydrogen) atoms. The van der Waals surface area contributed by atoms with Gasteiger partial charge in [0.2, 0.25) is 0 Å². The lowest BCUT2D eigenvalue weighted by Gasteiger charge is -2.32. The molecule has 82 valence electrons. The van der Waals surface area contributed by atoms with Gasteiger partial charge in [-0.25, -0.2) is 0 Å². The number of hydrogen-bond donors (Lipinski definition) is 2. The van der Waals surface area contributed by atoms with Crippen LogP contribution < -0.4 is 10.6 Å². The molecule has 1 aromatic rings. The molecular formula is C12H18N2O. The number of nitrogens with zero attached hydrogens (tertiary/aromatic N) is 1. The van der Waals surface area contributed by atoms with E-state index in [1.807, 2.05) is 19.1 Å². The van der Waals surface area contributed by atoms with Crippen molar-refractivity contribution < 1.29 is 5.11 Å². The van der Waals surface area contributed by atoms with E-state index in [9.17, 15) is 5.11 Å². The Balaban J connectivity index is 2.21. The fourth-order valence-electron chi connectivity index (χ4n) is 2.14. The first-order valence-corrected chi connectivity index (χ1v) is 5.46. The van der Waals surface area contributed by atoms with Crippen molar-refractivity contribution in [3.8, 4) is 0 Å². The lowest BCUT2D eigenvalue weighted by Crippen LogP contribution is -2.38. The first-order chi connectivity index (χ1) is 7.16. The standard InChI is InChI=1S/C12H18N2O/c1-9-4-5-12(11(13)7-9)14-6-2-3-10(15)8-14/h4-5,7,10,15H,2-3,6,8,13H2,1H3. The summed E-state index contributed by atoms with van der Waals surface area (Å²) in [7, 11) is 0. The molecule has 0 bridgehead atoms. The Morgan fingerprint density at radius 3 is 2.93 bits per heavy atom. The lowest BCUT2D eigenvalue weighted by atomic mass is 10.1. The van der Waals surface area contributed by atoms with Crippen molar-refractivity contribution in [2.75, 3.05) is 23.7 Å². The molecule has 3 nitrogen and oxygen atoms in total. The highest BCUT2D eigenvalue weighted by molar-refractivity contribution is 5.68. The van der Waals surface area contributed by atoms with E-state index in [-0.39, 0.29) is 6.10 Å². The van der Waals surface area contributed by atoms with E-state index in [4.69, 9.17) is 5.73 Å². The minimum atomic E-state index is -0.209. The highest BCUT2D eigenvalue weighted by atomic mass is 16.3. The van der Waals surface area contributed by atoms with Crippen LogP contribution in [0.2, 0.25) is 0 Å². The third kappa shape index (κ3) is 2.23. The number of benzene rings is 1. The van der Waals surface area contributed by atoms with Gasteiger partial charge < -0.3 is 15.7 Å². The maximum absolute atomic E-state index is 9.60. The molecule has 1 heterocycles. The van der Waals surface area contributed by atoms with Crippen molar-refractivity contribution in [1.29, 1.82) is 0 Å². The van der Waals surface area contributed by atoms with E-state index in [0.29, 0.717) is 6.54 Å². The Kier molecular flexibility index (Phi) is 2.82. The van der Waals surface area contributed by atoms with Crippen molar-refractivity contribution in [3.63, 3.8) is 0 Å². The van der Waals surface area contributed by atoms with Gasteiger partial charge >= 0.3 is 0 Å².